The SMILES string of the molecule is O=C(NCc1ccc(F)cc1)C1C=CC2=C(N1)N(C(=O)Nc1cc(OC[C@H](O)CO)ccn1)[C@H]1CCN2C1. The highest BCUT2D eigenvalue weighted by atomic mass is 19.1. The number of benzene rings is 1. The summed E-state index contributed by atoms with van der Waals surface area (Å²) in [4.78, 5) is 34.4. The largest absolute Gasteiger partial charge is 0.491 e. The number of aliphatic hydroxyl groups excluding tert-OH is 2. The highest BCUT2D eigenvalue weighted by Crippen LogP contribution is 2.33. The van der Waals surface area contributed by atoms with E-state index in [0.29, 0.717) is 18.1 Å². The molecule has 0 spiro atoms. The van der Waals surface area contributed by atoms with E-state index in [1.54, 1.807) is 29.2 Å². The monoisotopic (exact) mass is 524 g/mol. The third-order valence-electron chi connectivity index (χ3n) is 6.59. The molecule has 3 atom stereocenters. The number of nitrogens with one attached hydrogen (secondary N) is 3. The van der Waals surface area contributed by atoms with E-state index in [-0.39, 0.29) is 36.7 Å². The van der Waals surface area contributed by atoms with E-state index in [1.807, 2.05) is 6.08 Å². The average molecular weight is 525 g/mol. The van der Waals surface area contributed by atoms with Gasteiger partial charge in [-0.2, -0.15) is 0 Å². The normalized spacial score (nSPS) is 20.5. The molecule has 1 unspecified atom stereocenters. The van der Waals surface area contributed by atoms with Gasteiger partial charge in [-0.1, -0.05) is 18.2 Å². The molecule has 0 saturated carbocycles. The first kappa shape index (κ1) is 25.5. The van der Waals surface area contributed by atoms with Crippen LogP contribution in [-0.2, 0) is 11.3 Å². The Bertz CT molecular complexity index is 1250. The van der Waals surface area contributed by atoms with Crippen molar-refractivity contribution in [1.82, 2.24) is 25.4 Å². The lowest BCUT2D eigenvalue weighted by Crippen LogP contribution is -2.55. The molecule has 1 aromatic heterocycles. The second-order valence-electron chi connectivity index (χ2n) is 9.27. The molecule has 0 radical (unpaired) electrons. The number of halogens is 1. The van der Waals surface area contributed by atoms with Crippen LogP contribution in [0.5, 0.6) is 5.75 Å². The number of amides is 3. The minimum absolute atomic E-state index is 0.0881. The quantitative estimate of drug-likeness (QED) is 0.343. The van der Waals surface area contributed by atoms with Gasteiger partial charge in [0.05, 0.1) is 18.3 Å². The van der Waals surface area contributed by atoms with E-state index in [1.165, 1.54) is 24.4 Å². The summed E-state index contributed by atoms with van der Waals surface area (Å²) in [7, 11) is 0. The molecule has 1 aromatic carbocycles. The second-order valence-corrected chi connectivity index (χ2v) is 9.27. The van der Waals surface area contributed by atoms with E-state index < -0.39 is 24.8 Å². The van der Waals surface area contributed by atoms with Crippen LogP contribution in [0.4, 0.5) is 15.0 Å². The molecule has 2 aromatic rings. The van der Waals surface area contributed by atoms with Gasteiger partial charge in [0.25, 0.3) is 0 Å². The lowest BCUT2D eigenvalue weighted by molar-refractivity contribution is -0.122. The number of urea groups is 1. The number of rotatable bonds is 8. The molecule has 5 N–H and O–H groups in total. The summed E-state index contributed by atoms with van der Waals surface area (Å²) in [6, 6.07) is 7.83. The van der Waals surface area contributed by atoms with E-state index in [4.69, 9.17) is 9.84 Å². The van der Waals surface area contributed by atoms with Gasteiger partial charge in [0, 0.05) is 31.9 Å². The summed E-state index contributed by atoms with van der Waals surface area (Å²) >= 11 is 0. The molecule has 1 fully saturated rings. The van der Waals surface area contributed by atoms with Crippen LogP contribution in [-0.4, -0.2) is 81.4 Å². The number of nitrogens with zero attached hydrogens (tertiary/aromatic N) is 3. The Morgan fingerprint density at radius 2 is 2.08 bits per heavy atom. The summed E-state index contributed by atoms with van der Waals surface area (Å²) in [5.41, 5.74) is 1.60. The van der Waals surface area contributed by atoms with Crippen molar-refractivity contribution in [2.75, 3.05) is 31.6 Å². The predicted octanol–water partition coefficient (Wildman–Crippen LogP) is 0.888. The first-order chi connectivity index (χ1) is 18.4. The number of fused-ring (bicyclic) bond motifs is 3. The van der Waals surface area contributed by atoms with Gasteiger partial charge in [-0.05, 0) is 36.3 Å². The number of hydrogen-bond donors (Lipinski definition) is 5. The number of hydrogen-bond acceptors (Lipinski definition) is 8. The average Bonchev–Trinajstić information content (AvgIpc) is 3.35. The number of dihydropyridines is 1. The Hall–Kier alpha value is -4.16. The van der Waals surface area contributed by atoms with Crippen LogP contribution in [0.15, 0.2) is 66.3 Å². The van der Waals surface area contributed by atoms with Crippen molar-refractivity contribution >= 4 is 17.8 Å². The maximum absolute atomic E-state index is 13.5. The maximum atomic E-state index is 13.5. The van der Waals surface area contributed by atoms with E-state index in [2.05, 4.69) is 25.8 Å². The molecule has 38 heavy (non-hydrogen) atoms. The Labute approximate surface area is 218 Å². The van der Waals surface area contributed by atoms with Crippen molar-refractivity contribution in [2.24, 2.45) is 0 Å². The number of aliphatic hydroxyl groups is 2. The van der Waals surface area contributed by atoms with Crippen molar-refractivity contribution in [3.63, 3.8) is 0 Å². The van der Waals surface area contributed by atoms with Crippen molar-refractivity contribution in [3.05, 3.63) is 77.6 Å². The summed E-state index contributed by atoms with van der Waals surface area (Å²) < 4.78 is 18.6. The lowest BCUT2D eigenvalue weighted by Gasteiger charge is -2.40. The smallest absolute Gasteiger partial charge is 0.328 e. The Balaban J connectivity index is 1.27. The first-order valence-corrected chi connectivity index (χ1v) is 12.4. The number of carbonyl (C=O) groups is 2. The van der Waals surface area contributed by atoms with Crippen LogP contribution >= 0.6 is 0 Å². The van der Waals surface area contributed by atoms with E-state index in [0.717, 1.165) is 24.2 Å². The van der Waals surface area contributed by atoms with Crippen molar-refractivity contribution in [2.45, 2.75) is 31.2 Å². The highest BCUT2D eigenvalue weighted by molar-refractivity contribution is 5.91. The molecule has 3 aliphatic heterocycles. The van der Waals surface area contributed by atoms with Gasteiger partial charge >= 0.3 is 6.03 Å². The topological polar surface area (TPSA) is 139 Å². The van der Waals surface area contributed by atoms with Crippen LogP contribution in [0.25, 0.3) is 0 Å². The number of ether oxygens (including phenoxy) is 1. The number of aromatic nitrogens is 1. The molecule has 12 heteroatoms. The van der Waals surface area contributed by atoms with Gasteiger partial charge in [0.1, 0.15) is 42.0 Å². The molecule has 3 amide bonds. The van der Waals surface area contributed by atoms with Gasteiger partial charge < -0.3 is 30.5 Å². The minimum atomic E-state index is -1.02. The summed E-state index contributed by atoms with van der Waals surface area (Å²) in [5.74, 6) is 0.561. The van der Waals surface area contributed by atoms with Gasteiger partial charge in [-0.25, -0.2) is 14.2 Å². The van der Waals surface area contributed by atoms with Gasteiger partial charge in [-0.15, -0.1) is 0 Å². The third kappa shape index (κ3) is 5.55. The Kier molecular flexibility index (Phi) is 7.43. The molecular weight excluding hydrogens is 495 g/mol. The fourth-order valence-electron chi connectivity index (χ4n) is 4.64. The number of anilines is 1. The second kappa shape index (κ2) is 11.1. The van der Waals surface area contributed by atoms with Crippen molar-refractivity contribution in [1.29, 1.82) is 0 Å². The van der Waals surface area contributed by atoms with Gasteiger partial charge in [0.15, 0.2) is 0 Å². The van der Waals surface area contributed by atoms with Crippen LogP contribution in [0, 0.1) is 5.82 Å². The maximum Gasteiger partial charge on any atom is 0.328 e. The Morgan fingerprint density at radius 1 is 1.26 bits per heavy atom. The third-order valence-corrected chi connectivity index (χ3v) is 6.59. The number of allylic oxidation sites excluding steroid dienone is 1. The number of pyridine rings is 1. The summed E-state index contributed by atoms with van der Waals surface area (Å²) in [6.07, 6.45) is 4.84. The standard InChI is InChI=1S/C26H29FN6O5/c27-17-3-1-16(2-4-17)12-29-25(36)21-5-6-22-24(30-21)33(18-8-10-32(22)13-18)26(37)31-23-11-20(7-9-28-23)38-15-19(35)14-34/h1-7,9,11,18-19,21,30,34-35H,8,10,12-15H2,(H,29,36)(H,28,31,37)/t18-,19+,21?/m0/s1. The van der Waals surface area contributed by atoms with E-state index in [9.17, 15) is 19.1 Å². The van der Waals surface area contributed by atoms with E-state index >= 15 is 0 Å². The van der Waals surface area contributed by atoms with Crippen LogP contribution < -0.4 is 20.7 Å². The van der Waals surface area contributed by atoms with Crippen LogP contribution in [0.3, 0.4) is 0 Å². The molecule has 200 valence electrons. The predicted molar refractivity (Wildman–Crippen MR) is 135 cm³/mol. The molecule has 1 saturated heterocycles. The molecule has 3 aliphatic rings. The molecule has 2 bridgehead atoms. The van der Waals surface area contributed by atoms with Gasteiger partial charge in [0.2, 0.25) is 5.91 Å². The molecule has 11 nitrogen and oxygen atoms in total. The van der Waals surface area contributed by atoms with Crippen LogP contribution in [0.1, 0.15) is 12.0 Å². The van der Waals surface area contributed by atoms with Crippen LogP contribution in [0.2, 0.25) is 0 Å². The first-order valence-electron chi connectivity index (χ1n) is 12.4. The highest BCUT2D eigenvalue weighted by Gasteiger charge is 2.42. The van der Waals surface area contributed by atoms with Crippen molar-refractivity contribution < 1.29 is 28.9 Å². The molecular formula is C26H29FN6O5. The number of carbonyl (C=O) groups excluding carboxylic acids is 2. The fraction of sp³-hybridized carbons (Fsp3) is 0.346. The van der Waals surface area contributed by atoms with Gasteiger partial charge in [-0.3, -0.25) is 15.0 Å². The fourth-order valence-corrected chi connectivity index (χ4v) is 4.64. The molecule has 4 heterocycles. The lowest BCUT2D eigenvalue weighted by atomic mass is 10.1. The summed E-state index contributed by atoms with van der Waals surface area (Å²) in [6.45, 7) is 1.18. The summed E-state index contributed by atoms with van der Waals surface area (Å²) in [5, 5.41) is 27.3. The zero-order valence-corrected chi connectivity index (χ0v) is 20.5. The molecule has 0 aliphatic carbocycles. The van der Waals surface area contributed by atoms with Crippen molar-refractivity contribution in [3.8, 4) is 5.75 Å². The molecule has 5 rings (SSSR count). The minimum Gasteiger partial charge on any atom is -0.491 e. The Morgan fingerprint density at radius 3 is 2.87 bits per heavy atom. The zero-order valence-electron chi connectivity index (χ0n) is 20.5. The zero-order chi connectivity index (χ0) is 26.6.